The van der Waals surface area contributed by atoms with Gasteiger partial charge in [-0.15, -0.1) is 0 Å². The minimum atomic E-state index is 0. The summed E-state index contributed by atoms with van der Waals surface area (Å²) < 4.78 is 0. The summed E-state index contributed by atoms with van der Waals surface area (Å²) in [5.41, 5.74) is 2.77. The summed E-state index contributed by atoms with van der Waals surface area (Å²) >= 11 is 0. The number of phenols is 4. The van der Waals surface area contributed by atoms with Crippen molar-refractivity contribution in [3.05, 3.63) is 119 Å². The first kappa shape index (κ1) is 35.8. The Hall–Kier alpha value is -4.20. The van der Waals surface area contributed by atoms with E-state index in [2.05, 4.69) is 20.0 Å². The molecule has 42 heavy (non-hydrogen) atoms. The predicted octanol–water partition coefficient (Wildman–Crippen LogP) is 5.27. The molecule has 4 N–H and O–H groups in total. The standard InChI is InChI=1S/2C16H16N2O2.2Fe/c2*19-15-7-3-1-5-13(15)11-17-9-10-18-12-14-6-2-4-8-16(14)20;;/h2*1-8,11-12,19-20H,9-10H2;;. The molecule has 0 atom stereocenters. The maximum atomic E-state index is 9.54. The first-order valence-electron chi connectivity index (χ1n) is 12.7. The van der Waals surface area contributed by atoms with Crippen LogP contribution >= 0.6 is 0 Å². The molecule has 0 heterocycles. The van der Waals surface area contributed by atoms with Crippen molar-refractivity contribution in [2.75, 3.05) is 26.2 Å². The summed E-state index contributed by atoms with van der Waals surface area (Å²) in [5, 5.41) is 38.2. The summed E-state index contributed by atoms with van der Waals surface area (Å²) in [6, 6.07) is 28.1. The van der Waals surface area contributed by atoms with E-state index in [1.165, 1.54) is 0 Å². The second-order valence-corrected chi connectivity index (χ2v) is 8.38. The molecule has 0 aliphatic heterocycles. The van der Waals surface area contributed by atoms with Gasteiger partial charge in [0.2, 0.25) is 0 Å². The second kappa shape index (κ2) is 20.6. The number of hydrogen-bond acceptors (Lipinski definition) is 8. The zero-order chi connectivity index (χ0) is 28.4. The number of aromatic hydroxyl groups is 4. The SMILES string of the molecule is Oc1ccccc1C=NCCN=Cc1ccccc1O.Oc1ccccc1C=NCCN=Cc1ccccc1O.[Fe].[Fe]. The Morgan fingerprint density at radius 2 is 0.548 bits per heavy atom. The molecule has 0 radical (unpaired) electrons. The van der Waals surface area contributed by atoms with Crippen LogP contribution in [-0.4, -0.2) is 71.5 Å². The van der Waals surface area contributed by atoms with Crippen LogP contribution in [0.4, 0.5) is 0 Å². The summed E-state index contributed by atoms with van der Waals surface area (Å²) in [7, 11) is 0. The fraction of sp³-hybridized carbons (Fsp3) is 0.125. The van der Waals surface area contributed by atoms with E-state index in [0.29, 0.717) is 48.4 Å². The third-order valence-electron chi connectivity index (χ3n) is 5.38. The van der Waals surface area contributed by atoms with Gasteiger partial charge in [0.25, 0.3) is 0 Å². The van der Waals surface area contributed by atoms with E-state index in [9.17, 15) is 20.4 Å². The Morgan fingerprint density at radius 1 is 0.357 bits per heavy atom. The summed E-state index contributed by atoms with van der Waals surface area (Å²) in [6.45, 7) is 2.10. The van der Waals surface area contributed by atoms with Crippen LogP contribution in [0.25, 0.3) is 0 Å². The molecular formula is C32H32Fe2N4O4. The molecule has 0 amide bonds. The van der Waals surface area contributed by atoms with Gasteiger partial charge < -0.3 is 20.4 Å². The first-order chi connectivity index (χ1) is 19.5. The third-order valence-corrected chi connectivity index (χ3v) is 5.38. The van der Waals surface area contributed by atoms with Crippen molar-refractivity contribution in [1.82, 2.24) is 0 Å². The van der Waals surface area contributed by atoms with Crippen LogP contribution in [0.2, 0.25) is 0 Å². The Morgan fingerprint density at radius 3 is 0.738 bits per heavy atom. The second-order valence-electron chi connectivity index (χ2n) is 8.38. The average Bonchev–Trinajstić information content (AvgIpc) is 2.96. The van der Waals surface area contributed by atoms with Crippen molar-refractivity contribution in [1.29, 1.82) is 0 Å². The molecule has 8 nitrogen and oxygen atoms in total. The van der Waals surface area contributed by atoms with Crippen LogP contribution in [0.3, 0.4) is 0 Å². The van der Waals surface area contributed by atoms with Gasteiger partial charge in [-0.1, -0.05) is 48.5 Å². The number of nitrogens with zero attached hydrogens (tertiary/aromatic N) is 4. The van der Waals surface area contributed by atoms with E-state index >= 15 is 0 Å². The quantitative estimate of drug-likeness (QED) is 0.106. The number of para-hydroxylation sites is 4. The monoisotopic (exact) mass is 648 g/mol. The molecule has 0 aliphatic rings. The van der Waals surface area contributed by atoms with Gasteiger partial charge in [-0.3, -0.25) is 20.0 Å². The van der Waals surface area contributed by atoms with Crippen molar-refractivity contribution in [2.24, 2.45) is 20.0 Å². The Balaban J connectivity index is 0.000000401. The maximum absolute atomic E-state index is 9.54. The van der Waals surface area contributed by atoms with Gasteiger partial charge in [0.15, 0.2) is 0 Å². The normalized spacial score (nSPS) is 10.9. The van der Waals surface area contributed by atoms with Gasteiger partial charge in [0, 0.05) is 81.2 Å². The van der Waals surface area contributed by atoms with Gasteiger partial charge in [-0.25, -0.2) is 0 Å². The minimum absolute atomic E-state index is 0. The third kappa shape index (κ3) is 13.0. The molecule has 220 valence electrons. The molecule has 0 aromatic heterocycles. The van der Waals surface area contributed by atoms with Gasteiger partial charge in [0.05, 0.1) is 26.2 Å². The van der Waals surface area contributed by atoms with E-state index < -0.39 is 0 Å². The van der Waals surface area contributed by atoms with Crippen LogP contribution in [0, 0.1) is 0 Å². The molecule has 0 fully saturated rings. The van der Waals surface area contributed by atoms with Crippen LogP contribution in [0.5, 0.6) is 23.0 Å². The Kier molecular flexibility index (Phi) is 17.6. The van der Waals surface area contributed by atoms with E-state index in [4.69, 9.17) is 0 Å². The first-order valence-corrected chi connectivity index (χ1v) is 12.7. The van der Waals surface area contributed by atoms with Crippen molar-refractivity contribution in [3.63, 3.8) is 0 Å². The van der Waals surface area contributed by atoms with Crippen LogP contribution in [0.15, 0.2) is 117 Å². The fourth-order valence-electron chi connectivity index (χ4n) is 3.27. The molecule has 0 bridgehead atoms. The number of hydrogen-bond donors (Lipinski definition) is 4. The zero-order valence-corrected chi connectivity index (χ0v) is 24.9. The Bertz CT molecular complexity index is 1250. The van der Waals surface area contributed by atoms with Crippen molar-refractivity contribution in [2.45, 2.75) is 0 Å². The van der Waals surface area contributed by atoms with Gasteiger partial charge in [-0.2, -0.15) is 0 Å². The Labute approximate surface area is 266 Å². The molecule has 0 aliphatic carbocycles. The zero-order valence-electron chi connectivity index (χ0n) is 22.7. The van der Waals surface area contributed by atoms with Gasteiger partial charge in [-0.05, 0) is 48.5 Å². The molecule has 4 aromatic rings. The van der Waals surface area contributed by atoms with Crippen molar-refractivity contribution >= 4 is 24.9 Å². The van der Waals surface area contributed by atoms with E-state index in [1.807, 2.05) is 24.3 Å². The minimum Gasteiger partial charge on any atom is -0.507 e. The summed E-state index contributed by atoms with van der Waals surface area (Å²) in [6.07, 6.45) is 6.52. The molecule has 10 heteroatoms. The smallest absolute Gasteiger partial charge is 0.124 e. The van der Waals surface area contributed by atoms with Gasteiger partial charge in [0.1, 0.15) is 23.0 Å². The number of aliphatic imine (C=N–C) groups is 4. The number of benzene rings is 4. The largest absolute Gasteiger partial charge is 0.507 e. The van der Waals surface area contributed by atoms with Crippen molar-refractivity contribution in [3.8, 4) is 23.0 Å². The van der Waals surface area contributed by atoms with Crippen LogP contribution in [-0.2, 0) is 34.1 Å². The van der Waals surface area contributed by atoms with Crippen molar-refractivity contribution < 1.29 is 54.6 Å². The summed E-state index contributed by atoms with van der Waals surface area (Å²) in [5.74, 6) is 0.867. The number of phenolic OH excluding ortho intramolecular Hbond substituents is 4. The molecule has 0 unspecified atom stereocenters. The molecule has 0 spiro atoms. The fourth-order valence-corrected chi connectivity index (χ4v) is 3.27. The number of rotatable bonds is 10. The van der Waals surface area contributed by atoms with E-state index in [1.54, 1.807) is 97.7 Å². The summed E-state index contributed by atoms with van der Waals surface area (Å²) in [4.78, 5) is 16.8. The molecule has 0 saturated carbocycles. The van der Waals surface area contributed by atoms with Gasteiger partial charge >= 0.3 is 0 Å². The average molecular weight is 648 g/mol. The predicted molar refractivity (Wildman–Crippen MR) is 162 cm³/mol. The molecular weight excluding hydrogens is 616 g/mol. The molecule has 4 rings (SSSR count). The van der Waals surface area contributed by atoms with E-state index in [0.717, 1.165) is 0 Å². The topological polar surface area (TPSA) is 130 Å². The van der Waals surface area contributed by atoms with Crippen LogP contribution in [0.1, 0.15) is 22.3 Å². The van der Waals surface area contributed by atoms with E-state index in [-0.39, 0.29) is 57.1 Å². The molecule has 4 aromatic carbocycles. The molecule has 0 saturated heterocycles. The van der Waals surface area contributed by atoms with Crippen LogP contribution < -0.4 is 0 Å². The maximum Gasteiger partial charge on any atom is 0.124 e.